The molecule has 0 N–H and O–H groups in total. The first-order valence-electron chi connectivity index (χ1n) is 4.22. The summed E-state index contributed by atoms with van der Waals surface area (Å²) < 4.78 is 1.14. The van der Waals surface area contributed by atoms with E-state index in [2.05, 4.69) is 28.9 Å². The SMILES string of the molecule is Cc1cc(C(Cl)c2sccc2Cl)sc1Br. The van der Waals surface area contributed by atoms with Crippen molar-refractivity contribution in [3.8, 4) is 0 Å². The minimum atomic E-state index is -0.132. The van der Waals surface area contributed by atoms with Crippen LogP contribution in [0.25, 0.3) is 0 Å². The maximum Gasteiger partial charge on any atom is 0.103 e. The standard InChI is InChI=1S/C10H7BrCl2S2/c1-5-4-7(15-10(5)11)8(13)9-6(12)2-3-14-9/h2-4,8H,1H3. The van der Waals surface area contributed by atoms with E-state index in [0.29, 0.717) is 0 Å². The van der Waals surface area contributed by atoms with Gasteiger partial charge < -0.3 is 0 Å². The first kappa shape index (κ1) is 11.9. The molecule has 1 atom stereocenters. The number of thiophene rings is 2. The van der Waals surface area contributed by atoms with Crippen LogP contribution in [0.15, 0.2) is 21.3 Å². The predicted molar refractivity (Wildman–Crippen MR) is 73.8 cm³/mol. The molecule has 2 aromatic rings. The highest BCUT2D eigenvalue weighted by molar-refractivity contribution is 9.11. The highest BCUT2D eigenvalue weighted by Gasteiger charge is 2.18. The van der Waals surface area contributed by atoms with Gasteiger partial charge in [-0.15, -0.1) is 34.3 Å². The Bertz CT molecular complexity index is 456. The van der Waals surface area contributed by atoms with E-state index in [9.17, 15) is 0 Å². The Morgan fingerprint density at radius 1 is 1.47 bits per heavy atom. The van der Waals surface area contributed by atoms with Crippen LogP contribution >= 0.6 is 61.8 Å². The molecule has 0 bridgehead atoms. The largest absolute Gasteiger partial charge is 0.145 e. The molecular formula is C10H7BrCl2S2. The zero-order chi connectivity index (χ0) is 11.0. The Labute approximate surface area is 115 Å². The highest BCUT2D eigenvalue weighted by Crippen LogP contribution is 2.42. The van der Waals surface area contributed by atoms with Gasteiger partial charge in [0.05, 0.1) is 8.81 Å². The molecule has 0 radical (unpaired) electrons. The highest BCUT2D eigenvalue weighted by atomic mass is 79.9. The van der Waals surface area contributed by atoms with Crippen molar-refractivity contribution < 1.29 is 0 Å². The summed E-state index contributed by atoms with van der Waals surface area (Å²) in [4.78, 5) is 2.15. The van der Waals surface area contributed by atoms with Crippen LogP contribution in [0.5, 0.6) is 0 Å². The Kier molecular flexibility index (Phi) is 3.79. The van der Waals surface area contributed by atoms with Gasteiger partial charge >= 0.3 is 0 Å². The van der Waals surface area contributed by atoms with Gasteiger partial charge in [0.2, 0.25) is 0 Å². The van der Waals surface area contributed by atoms with Crippen LogP contribution in [0.2, 0.25) is 5.02 Å². The van der Waals surface area contributed by atoms with Gasteiger partial charge in [-0.2, -0.15) is 0 Å². The predicted octanol–water partition coefficient (Wildman–Crippen LogP) is 5.86. The van der Waals surface area contributed by atoms with Crippen molar-refractivity contribution in [1.29, 1.82) is 0 Å². The molecule has 0 amide bonds. The van der Waals surface area contributed by atoms with Crippen LogP contribution in [-0.2, 0) is 0 Å². The van der Waals surface area contributed by atoms with Gasteiger partial charge in [-0.3, -0.25) is 0 Å². The third-order valence-corrected chi connectivity index (χ3v) is 6.34. The molecule has 0 spiro atoms. The number of hydrogen-bond acceptors (Lipinski definition) is 2. The Morgan fingerprint density at radius 3 is 2.67 bits per heavy atom. The Balaban J connectivity index is 2.36. The smallest absolute Gasteiger partial charge is 0.103 e. The molecule has 0 aliphatic heterocycles. The van der Waals surface area contributed by atoms with E-state index in [4.69, 9.17) is 23.2 Å². The first-order chi connectivity index (χ1) is 7.09. The second-order valence-corrected chi connectivity index (χ2v) is 7.29. The van der Waals surface area contributed by atoms with Crippen molar-refractivity contribution >= 4 is 61.8 Å². The second kappa shape index (κ2) is 4.76. The van der Waals surface area contributed by atoms with Crippen LogP contribution in [0, 0.1) is 6.92 Å². The fourth-order valence-electron chi connectivity index (χ4n) is 1.22. The topological polar surface area (TPSA) is 0 Å². The number of aryl methyl sites for hydroxylation is 1. The fraction of sp³-hybridized carbons (Fsp3) is 0.200. The summed E-state index contributed by atoms with van der Waals surface area (Å²) in [6.45, 7) is 2.06. The van der Waals surface area contributed by atoms with Crippen LogP contribution in [0.1, 0.15) is 20.7 Å². The zero-order valence-corrected chi connectivity index (χ0v) is 12.5. The summed E-state index contributed by atoms with van der Waals surface area (Å²) in [5.41, 5.74) is 1.22. The number of halogens is 3. The van der Waals surface area contributed by atoms with Crippen molar-refractivity contribution in [2.75, 3.05) is 0 Å². The van der Waals surface area contributed by atoms with Gasteiger partial charge in [0.25, 0.3) is 0 Å². The molecule has 0 nitrogen and oxygen atoms in total. The number of alkyl halides is 1. The monoisotopic (exact) mass is 340 g/mol. The van der Waals surface area contributed by atoms with Crippen LogP contribution in [0.3, 0.4) is 0 Å². The summed E-state index contributed by atoms with van der Waals surface area (Å²) in [7, 11) is 0. The van der Waals surface area contributed by atoms with Crippen molar-refractivity contribution in [2.45, 2.75) is 12.3 Å². The van der Waals surface area contributed by atoms with Crippen LogP contribution < -0.4 is 0 Å². The molecular weight excluding hydrogens is 335 g/mol. The van der Waals surface area contributed by atoms with E-state index in [1.807, 2.05) is 11.4 Å². The molecule has 2 rings (SSSR count). The van der Waals surface area contributed by atoms with Gasteiger partial charge in [-0.25, -0.2) is 0 Å². The third kappa shape index (κ3) is 2.42. The van der Waals surface area contributed by atoms with Gasteiger partial charge in [0, 0.05) is 9.75 Å². The van der Waals surface area contributed by atoms with Crippen LogP contribution in [0.4, 0.5) is 0 Å². The van der Waals surface area contributed by atoms with Crippen LogP contribution in [-0.4, -0.2) is 0 Å². The molecule has 0 aromatic carbocycles. The normalized spacial score (nSPS) is 13.1. The molecule has 15 heavy (non-hydrogen) atoms. The first-order valence-corrected chi connectivity index (χ1v) is 7.52. The Morgan fingerprint density at radius 2 is 2.20 bits per heavy atom. The molecule has 0 saturated carbocycles. The fourth-order valence-corrected chi connectivity index (χ4v) is 4.54. The molecule has 2 aromatic heterocycles. The lowest BCUT2D eigenvalue weighted by molar-refractivity contribution is 1.23. The molecule has 2 heterocycles. The minimum absolute atomic E-state index is 0.132. The second-order valence-electron chi connectivity index (χ2n) is 3.10. The quantitative estimate of drug-likeness (QED) is 0.600. The summed E-state index contributed by atoms with van der Waals surface area (Å²) in [5.74, 6) is 0. The van der Waals surface area contributed by atoms with Gasteiger partial charge in [0.1, 0.15) is 5.38 Å². The number of hydrogen-bond donors (Lipinski definition) is 0. The molecule has 0 aliphatic rings. The van der Waals surface area contributed by atoms with E-state index in [0.717, 1.165) is 18.6 Å². The number of rotatable bonds is 2. The van der Waals surface area contributed by atoms with Crippen molar-refractivity contribution in [3.05, 3.63) is 41.6 Å². The third-order valence-electron chi connectivity index (χ3n) is 2.00. The van der Waals surface area contributed by atoms with Crippen molar-refractivity contribution in [2.24, 2.45) is 0 Å². The molecule has 1 unspecified atom stereocenters. The minimum Gasteiger partial charge on any atom is -0.145 e. The maximum atomic E-state index is 6.38. The summed E-state index contributed by atoms with van der Waals surface area (Å²) in [5, 5.41) is 2.58. The van der Waals surface area contributed by atoms with E-state index in [-0.39, 0.29) is 5.38 Å². The zero-order valence-electron chi connectivity index (χ0n) is 7.76. The lowest BCUT2D eigenvalue weighted by Gasteiger charge is -2.04. The molecule has 0 fully saturated rings. The summed E-state index contributed by atoms with van der Waals surface area (Å²) in [6.07, 6.45) is 0. The maximum absolute atomic E-state index is 6.38. The Hall–Kier alpha value is 0.460. The molecule has 0 aliphatic carbocycles. The average Bonchev–Trinajstić information content (AvgIpc) is 2.74. The van der Waals surface area contributed by atoms with Gasteiger partial charge in [-0.05, 0) is 45.9 Å². The molecule has 80 valence electrons. The van der Waals surface area contributed by atoms with Gasteiger partial charge in [-0.1, -0.05) is 11.6 Å². The average molecular weight is 342 g/mol. The molecule has 5 heteroatoms. The van der Waals surface area contributed by atoms with E-state index < -0.39 is 0 Å². The lowest BCUT2D eigenvalue weighted by atomic mass is 10.2. The van der Waals surface area contributed by atoms with E-state index >= 15 is 0 Å². The van der Waals surface area contributed by atoms with Crippen molar-refractivity contribution in [1.82, 2.24) is 0 Å². The van der Waals surface area contributed by atoms with E-state index in [1.165, 1.54) is 5.56 Å². The van der Waals surface area contributed by atoms with E-state index in [1.54, 1.807) is 22.7 Å². The summed E-state index contributed by atoms with van der Waals surface area (Å²) in [6, 6.07) is 3.98. The summed E-state index contributed by atoms with van der Waals surface area (Å²) >= 11 is 19.2. The van der Waals surface area contributed by atoms with Gasteiger partial charge in [0.15, 0.2) is 0 Å². The molecule has 0 saturated heterocycles. The van der Waals surface area contributed by atoms with Crippen molar-refractivity contribution in [3.63, 3.8) is 0 Å². The lowest BCUT2D eigenvalue weighted by Crippen LogP contribution is -1.85.